The smallest absolute Gasteiger partial charge is 0.321 e. The number of fused-ring (bicyclic) bond motifs is 1. The normalized spacial score (nSPS) is 12.0. The van der Waals surface area contributed by atoms with Crippen LogP contribution < -0.4 is 0 Å². The van der Waals surface area contributed by atoms with Crippen molar-refractivity contribution in [3.8, 4) is 0 Å². The first-order chi connectivity index (χ1) is 8.29. The minimum Gasteiger partial charge on any atom is -0.321 e. The number of pyridine rings is 1. The second-order valence-corrected chi connectivity index (χ2v) is 3.81. The number of hydrogen-bond donors (Lipinski definition) is 0. The Bertz CT molecular complexity index is 619. The van der Waals surface area contributed by atoms with E-state index in [2.05, 4.69) is 4.98 Å². The van der Waals surface area contributed by atoms with Gasteiger partial charge in [-0.2, -0.15) is 13.2 Å². The average molecular weight is 259 g/mol. The van der Waals surface area contributed by atoms with Gasteiger partial charge in [0.25, 0.3) is 5.69 Å². The molecular weight excluding hydrogens is 251 g/mol. The summed E-state index contributed by atoms with van der Waals surface area (Å²) in [6, 6.07) is 2.51. The minimum atomic E-state index is -4.40. The van der Waals surface area contributed by atoms with Crippen LogP contribution >= 0.6 is 0 Å². The summed E-state index contributed by atoms with van der Waals surface area (Å²) in [7, 11) is 0. The van der Waals surface area contributed by atoms with Crippen LogP contribution in [0.15, 0.2) is 18.3 Å². The van der Waals surface area contributed by atoms with Crippen molar-refractivity contribution in [2.24, 2.45) is 0 Å². The topological polar surface area (TPSA) is 61.0 Å². The molecule has 2 aromatic heterocycles. The standard InChI is InChI=1S/C10H8F3N3O2/c1-6-4-7-8(16(17)18)2-3-14-9(7)15(6)5-10(11,12)13/h2-4H,5H2,1H3. The van der Waals surface area contributed by atoms with Crippen LogP contribution in [-0.2, 0) is 6.54 Å². The summed E-state index contributed by atoms with van der Waals surface area (Å²) in [4.78, 5) is 13.9. The monoisotopic (exact) mass is 259 g/mol. The summed E-state index contributed by atoms with van der Waals surface area (Å²) >= 11 is 0. The van der Waals surface area contributed by atoms with Crippen LogP contribution in [0.5, 0.6) is 0 Å². The van der Waals surface area contributed by atoms with Crippen molar-refractivity contribution in [1.29, 1.82) is 0 Å². The molecule has 5 nitrogen and oxygen atoms in total. The van der Waals surface area contributed by atoms with Crippen LogP contribution in [0.1, 0.15) is 5.69 Å². The van der Waals surface area contributed by atoms with Gasteiger partial charge in [-0.3, -0.25) is 10.1 Å². The van der Waals surface area contributed by atoms with Gasteiger partial charge in [0.15, 0.2) is 0 Å². The Kier molecular flexibility index (Phi) is 2.72. The fourth-order valence-corrected chi connectivity index (χ4v) is 1.80. The molecule has 0 saturated heterocycles. The van der Waals surface area contributed by atoms with Crippen molar-refractivity contribution in [2.45, 2.75) is 19.6 Å². The third kappa shape index (κ3) is 2.13. The third-order valence-electron chi connectivity index (χ3n) is 2.51. The highest BCUT2D eigenvalue weighted by molar-refractivity contribution is 5.86. The summed E-state index contributed by atoms with van der Waals surface area (Å²) < 4.78 is 38.1. The number of nitrogens with zero attached hydrogens (tertiary/aromatic N) is 3. The van der Waals surface area contributed by atoms with E-state index in [0.717, 1.165) is 10.8 Å². The van der Waals surface area contributed by atoms with Crippen LogP contribution in [0.3, 0.4) is 0 Å². The number of nitro groups is 1. The van der Waals surface area contributed by atoms with Crippen LogP contribution in [0.25, 0.3) is 11.0 Å². The molecule has 0 atom stereocenters. The molecule has 2 rings (SSSR count). The number of aryl methyl sites for hydroxylation is 1. The number of aromatic nitrogens is 2. The molecular formula is C10H8F3N3O2. The molecule has 8 heteroatoms. The van der Waals surface area contributed by atoms with E-state index in [4.69, 9.17) is 0 Å². The Morgan fingerprint density at radius 2 is 2.17 bits per heavy atom. The molecule has 0 fully saturated rings. The van der Waals surface area contributed by atoms with E-state index in [1.165, 1.54) is 19.1 Å². The Labute approximate surface area is 99.0 Å². The molecule has 0 radical (unpaired) electrons. The zero-order chi connectivity index (χ0) is 13.5. The molecule has 0 N–H and O–H groups in total. The molecule has 0 bridgehead atoms. The SMILES string of the molecule is Cc1cc2c([N+](=O)[O-])ccnc2n1CC(F)(F)F. The number of alkyl halides is 3. The van der Waals surface area contributed by atoms with E-state index in [9.17, 15) is 23.3 Å². The van der Waals surface area contributed by atoms with Crippen molar-refractivity contribution in [1.82, 2.24) is 9.55 Å². The van der Waals surface area contributed by atoms with Crippen molar-refractivity contribution < 1.29 is 18.1 Å². The number of rotatable bonds is 2. The molecule has 96 valence electrons. The molecule has 18 heavy (non-hydrogen) atoms. The first kappa shape index (κ1) is 12.3. The lowest BCUT2D eigenvalue weighted by Gasteiger charge is -2.10. The molecule has 0 aromatic carbocycles. The zero-order valence-corrected chi connectivity index (χ0v) is 9.23. The van der Waals surface area contributed by atoms with Crippen molar-refractivity contribution >= 4 is 16.7 Å². The minimum absolute atomic E-state index is 0.0287. The molecule has 0 aliphatic rings. The predicted octanol–water partition coefficient (Wildman–Crippen LogP) is 2.82. The summed E-state index contributed by atoms with van der Waals surface area (Å²) in [5.74, 6) is 0. The van der Waals surface area contributed by atoms with Crippen LogP contribution in [-0.4, -0.2) is 20.7 Å². The maximum absolute atomic E-state index is 12.4. The van der Waals surface area contributed by atoms with E-state index in [1.807, 2.05) is 0 Å². The summed E-state index contributed by atoms with van der Waals surface area (Å²) in [5, 5.41) is 10.9. The largest absolute Gasteiger partial charge is 0.406 e. The van der Waals surface area contributed by atoms with Gasteiger partial charge in [-0.1, -0.05) is 0 Å². The second kappa shape index (κ2) is 3.97. The van der Waals surface area contributed by atoms with E-state index >= 15 is 0 Å². The zero-order valence-electron chi connectivity index (χ0n) is 9.23. The second-order valence-electron chi connectivity index (χ2n) is 3.81. The Morgan fingerprint density at radius 3 is 2.72 bits per heavy atom. The van der Waals surface area contributed by atoms with Crippen molar-refractivity contribution in [3.63, 3.8) is 0 Å². The molecule has 0 aliphatic heterocycles. The lowest BCUT2D eigenvalue weighted by atomic mass is 10.3. The maximum Gasteiger partial charge on any atom is 0.406 e. The van der Waals surface area contributed by atoms with Gasteiger partial charge in [0.1, 0.15) is 12.2 Å². The number of halogens is 3. The average Bonchev–Trinajstić information content (AvgIpc) is 2.53. The van der Waals surface area contributed by atoms with Crippen LogP contribution in [0.2, 0.25) is 0 Å². The van der Waals surface area contributed by atoms with Gasteiger partial charge in [0.2, 0.25) is 0 Å². The van der Waals surface area contributed by atoms with E-state index in [1.54, 1.807) is 0 Å². The van der Waals surface area contributed by atoms with Gasteiger partial charge in [-0.05, 0) is 13.0 Å². The Balaban J connectivity index is 2.66. The van der Waals surface area contributed by atoms with Crippen LogP contribution in [0.4, 0.5) is 18.9 Å². The highest BCUT2D eigenvalue weighted by atomic mass is 19.4. The Hall–Kier alpha value is -2.12. The molecule has 0 spiro atoms. The fraction of sp³-hybridized carbons (Fsp3) is 0.300. The molecule has 0 unspecified atom stereocenters. The molecule has 0 amide bonds. The van der Waals surface area contributed by atoms with E-state index in [0.29, 0.717) is 0 Å². The summed E-state index contributed by atoms with van der Waals surface area (Å²) in [5.41, 5.74) is 0.00664. The Morgan fingerprint density at radius 1 is 1.50 bits per heavy atom. The maximum atomic E-state index is 12.4. The van der Waals surface area contributed by atoms with Crippen LogP contribution in [0, 0.1) is 17.0 Å². The van der Waals surface area contributed by atoms with Gasteiger partial charge in [-0.15, -0.1) is 0 Å². The lowest BCUT2D eigenvalue weighted by Crippen LogP contribution is -2.18. The van der Waals surface area contributed by atoms with Gasteiger partial charge < -0.3 is 4.57 Å². The van der Waals surface area contributed by atoms with E-state index in [-0.39, 0.29) is 22.4 Å². The first-order valence-corrected chi connectivity index (χ1v) is 4.95. The fourth-order valence-electron chi connectivity index (χ4n) is 1.80. The summed E-state index contributed by atoms with van der Waals surface area (Å²) in [6.07, 6.45) is -3.27. The van der Waals surface area contributed by atoms with Gasteiger partial charge in [0, 0.05) is 18.0 Å². The molecule has 2 aromatic rings. The third-order valence-corrected chi connectivity index (χ3v) is 2.51. The predicted molar refractivity (Wildman–Crippen MR) is 57.2 cm³/mol. The van der Waals surface area contributed by atoms with Crippen molar-refractivity contribution in [2.75, 3.05) is 0 Å². The molecule has 0 aliphatic carbocycles. The highest BCUT2D eigenvalue weighted by Gasteiger charge is 2.30. The molecule has 0 saturated carbocycles. The quantitative estimate of drug-likeness (QED) is 0.615. The van der Waals surface area contributed by atoms with Gasteiger partial charge in [-0.25, -0.2) is 4.98 Å². The van der Waals surface area contributed by atoms with Gasteiger partial charge in [0.05, 0.1) is 10.3 Å². The van der Waals surface area contributed by atoms with E-state index < -0.39 is 17.6 Å². The van der Waals surface area contributed by atoms with Gasteiger partial charge >= 0.3 is 6.18 Å². The lowest BCUT2D eigenvalue weighted by molar-refractivity contribution is -0.383. The highest BCUT2D eigenvalue weighted by Crippen LogP contribution is 2.29. The van der Waals surface area contributed by atoms with Crippen molar-refractivity contribution in [3.05, 3.63) is 34.1 Å². The first-order valence-electron chi connectivity index (χ1n) is 4.95. The summed E-state index contributed by atoms with van der Waals surface area (Å²) in [6.45, 7) is 0.244. The number of hydrogen-bond acceptors (Lipinski definition) is 3. The molecule has 2 heterocycles.